The van der Waals surface area contributed by atoms with Crippen LogP contribution in [-0.2, 0) is 13.2 Å². The first-order valence-corrected chi connectivity index (χ1v) is 5.50. The van der Waals surface area contributed by atoms with E-state index in [1.165, 1.54) is 4.68 Å². The second-order valence-corrected chi connectivity index (χ2v) is 4.03. The van der Waals surface area contributed by atoms with Crippen LogP contribution in [0, 0.1) is 0 Å². The van der Waals surface area contributed by atoms with Crippen molar-refractivity contribution in [2.45, 2.75) is 12.1 Å². The molecule has 0 saturated heterocycles. The van der Waals surface area contributed by atoms with Crippen LogP contribution in [0.2, 0.25) is 0 Å². The smallest absolute Gasteiger partial charge is 0.329 e. The fourth-order valence-electron chi connectivity index (χ4n) is 1.86. The Kier molecular flexibility index (Phi) is 3.52. The van der Waals surface area contributed by atoms with Gasteiger partial charge in [0.25, 0.3) is 0 Å². The average molecular weight is 271 g/mol. The van der Waals surface area contributed by atoms with Crippen LogP contribution in [0.25, 0.3) is 0 Å². The van der Waals surface area contributed by atoms with Crippen molar-refractivity contribution in [2.24, 2.45) is 12.8 Å². The molecular weight excluding hydrogens is 259 g/mol. The molecule has 1 unspecified atom stereocenters. The Morgan fingerprint density at radius 1 is 1.42 bits per heavy atom. The van der Waals surface area contributed by atoms with Crippen molar-refractivity contribution in [1.29, 1.82) is 0 Å². The van der Waals surface area contributed by atoms with Crippen molar-refractivity contribution in [2.75, 3.05) is 6.54 Å². The van der Waals surface area contributed by atoms with Crippen LogP contribution in [0.3, 0.4) is 0 Å². The molecule has 0 bridgehead atoms. The van der Waals surface area contributed by atoms with Crippen LogP contribution in [0.1, 0.15) is 22.9 Å². The molecule has 8 heteroatoms. The maximum atomic E-state index is 12.9. The second-order valence-electron chi connectivity index (χ2n) is 4.03. The SMILES string of the molecule is Cn1ccc(C(CN)c2cncnc2C(F)(F)F)n1. The minimum Gasteiger partial charge on any atom is -0.329 e. The quantitative estimate of drug-likeness (QED) is 0.914. The zero-order chi connectivity index (χ0) is 14.0. The monoisotopic (exact) mass is 271 g/mol. The van der Waals surface area contributed by atoms with Gasteiger partial charge in [0.15, 0.2) is 5.69 Å². The number of rotatable bonds is 3. The fraction of sp³-hybridized carbons (Fsp3) is 0.364. The van der Waals surface area contributed by atoms with Gasteiger partial charge in [0.05, 0.1) is 5.69 Å². The van der Waals surface area contributed by atoms with Crippen LogP contribution in [0.5, 0.6) is 0 Å². The summed E-state index contributed by atoms with van der Waals surface area (Å²) in [5.41, 5.74) is 5.02. The summed E-state index contributed by atoms with van der Waals surface area (Å²) < 4.78 is 40.2. The van der Waals surface area contributed by atoms with E-state index in [1.54, 1.807) is 19.3 Å². The molecule has 2 aromatic heterocycles. The predicted octanol–water partition coefficient (Wildman–Crippen LogP) is 1.32. The summed E-state index contributed by atoms with van der Waals surface area (Å²) in [7, 11) is 1.68. The Morgan fingerprint density at radius 2 is 2.16 bits per heavy atom. The van der Waals surface area contributed by atoms with E-state index < -0.39 is 17.8 Å². The van der Waals surface area contributed by atoms with E-state index in [9.17, 15) is 13.2 Å². The molecule has 0 spiro atoms. The summed E-state index contributed by atoms with van der Waals surface area (Å²) in [5, 5.41) is 4.10. The van der Waals surface area contributed by atoms with Crippen molar-refractivity contribution in [3.63, 3.8) is 0 Å². The summed E-state index contributed by atoms with van der Waals surface area (Å²) in [6, 6.07) is 1.63. The van der Waals surface area contributed by atoms with E-state index in [1.807, 2.05) is 0 Å². The van der Waals surface area contributed by atoms with E-state index in [0.717, 1.165) is 12.5 Å². The minimum absolute atomic E-state index is 0.00648. The van der Waals surface area contributed by atoms with Crippen LogP contribution >= 0.6 is 0 Å². The number of nitrogens with two attached hydrogens (primary N) is 1. The van der Waals surface area contributed by atoms with Crippen molar-refractivity contribution < 1.29 is 13.2 Å². The Labute approximate surface area is 107 Å². The Morgan fingerprint density at radius 3 is 2.68 bits per heavy atom. The van der Waals surface area contributed by atoms with Gasteiger partial charge in [-0.1, -0.05) is 0 Å². The zero-order valence-corrected chi connectivity index (χ0v) is 10.1. The number of nitrogens with zero attached hydrogens (tertiary/aromatic N) is 4. The molecule has 19 heavy (non-hydrogen) atoms. The normalized spacial score (nSPS) is 13.5. The molecule has 0 aliphatic rings. The van der Waals surface area contributed by atoms with E-state index in [4.69, 9.17) is 5.73 Å². The molecule has 1 atom stereocenters. The van der Waals surface area contributed by atoms with Crippen LogP contribution in [0.4, 0.5) is 13.2 Å². The van der Waals surface area contributed by atoms with Gasteiger partial charge in [-0.15, -0.1) is 0 Å². The highest BCUT2D eigenvalue weighted by Crippen LogP contribution is 2.34. The Hall–Kier alpha value is -1.96. The van der Waals surface area contributed by atoms with Gasteiger partial charge in [0.2, 0.25) is 0 Å². The lowest BCUT2D eigenvalue weighted by atomic mass is 9.95. The molecule has 0 aliphatic carbocycles. The molecule has 0 saturated carbocycles. The number of alkyl halides is 3. The van der Waals surface area contributed by atoms with Gasteiger partial charge in [-0.05, 0) is 6.07 Å². The van der Waals surface area contributed by atoms with Crippen molar-refractivity contribution >= 4 is 0 Å². The van der Waals surface area contributed by atoms with Crippen LogP contribution in [0.15, 0.2) is 24.8 Å². The number of aryl methyl sites for hydroxylation is 1. The topological polar surface area (TPSA) is 69.6 Å². The molecule has 102 valence electrons. The maximum Gasteiger partial charge on any atom is 0.433 e. The zero-order valence-electron chi connectivity index (χ0n) is 10.1. The van der Waals surface area contributed by atoms with Gasteiger partial charge in [-0.25, -0.2) is 9.97 Å². The van der Waals surface area contributed by atoms with Crippen molar-refractivity contribution in [3.05, 3.63) is 41.7 Å². The molecule has 2 N–H and O–H groups in total. The lowest BCUT2D eigenvalue weighted by Crippen LogP contribution is -2.21. The molecule has 5 nitrogen and oxygen atoms in total. The molecule has 0 aliphatic heterocycles. The predicted molar refractivity (Wildman–Crippen MR) is 61.1 cm³/mol. The van der Waals surface area contributed by atoms with Gasteiger partial charge in [0, 0.05) is 37.5 Å². The first kappa shape index (κ1) is 13.5. The molecular formula is C11H12F3N5. The first-order valence-electron chi connectivity index (χ1n) is 5.50. The first-order chi connectivity index (χ1) is 8.93. The summed E-state index contributed by atoms with van der Waals surface area (Å²) in [5.74, 6) is -0.681. The summed E-state index contributed by atoms with van der Waals surface area (Å²) in [6.07, 6.45) is -0.879. The van der Waals surface area contributed by atoms with Gasteiger partial charge in [0.1, 0.15) is 6.33 Å². The van der Waals surface area contributed by atoms with E-state index in [2.05, 4.69) is 15.1 Å². The second kappa shape index (κ2) is 4.96. The molecule has 2 rings (SSSR count). The Bertz CT molecular complexity index is 563. The van der Waals surface area contributed by atoms with Gasteiger partial charge >= 0.3 is 6.18 Å². The average Bonchev–Trinajstić information content (AvgIpc) is 2.76. The standard InChI is InChI=1S/C11H12F3N5/c1-19-3-2-9(18-19)7(4-15)8-5-16-6-17-10(8)11(12,13)14/h2-3,5-7H,4,15H2,1H3. The molecule has 2 aromatic rings. The summed E-state index contributed by atoms with van der Waals surface area (Å²) in [4.78, 5) is 6.98. The maximum absolute atomic E-state index is 12.9. The molecule has 0 aromatic carbocycles. The number of hydrogen-bond donors (Lipinski definition) is 1. The van der Waals surface area contributed by atoms with Gasteiger partial charge in [-0.3, -0.25) is 4.68 Å². The van der Waals surface area contributed by atoms with E-state index in [0.29, 0.717) is 5.69 Å². The molecule has 2 heterocycles. The highest BCUT2D eigenvalue weighted by molar-refractivity contribution is 5.31. The third kappa shape index (κ3) is 2.73. The van der Waals surface area contributed by atoms with Gasteiger partial charge in [-0.2, -0.15) is 18.3 Å². The van der Waals surface area contributed by atoms with Crippen LogP contribution in [-0.4, -0.2) is 26.3 Å². The van der Waals surface area contributed by atoms with E-state index in [-0.39, 0.29) is 12.1 Å². The highest BCUT2D eigenvalue weighted by Gasteiger charge is 2.37. The molecule has 0 amide bonds. The summed E-state index contributed by atoms with van der Waals surface area (Å²) >= 11 is 0. The van der Waals surface area contributed by atoms with Crippen molar-refractivity contribution in [3.8, 4) is 0 Å². The lowest BCUT2D eigenvalue weighted by molar-refractivity contribution is -0.142. The van der Waals surface area contributed by atoms with E-state index >= 15 is 0 Å². The number of hydrogen-bond acceptors (Lipinski definition) is 4. The third-order valence-electron chi connectivity index (χ3n) is 2.71. The highest BCUT2D eigenvalue weighted by atomic mass is 19.4. The summed E-state index contributed by atoms with van der Waals surface area (Å²) in [6.45, 7) is -0.00648. The lowest BCUT2D eigenvalue weighted by Gasteiger charge is -2.17. The van der Waals surface area contributed by atoms with Crippen molar-refractivity contribution in [1.82, 2.24) is 19.7 Å². The largest absolute Gasteiger partial charge is 0.433 e. The number of halogens is 3. The number of aromatic nitrogens is 4. The fourth-order valence-corrected chi connectivity index (χ4v) is 1.86. The molecule has 0 radical (unpaired) electrons. The van der Waals surface area contributed by atoms with Crippen LogP contribution < -0.4 is 5.73 Å². The third-order valence-corrected chi connectivity index (χ3v) is 2.71. The Balaban J connectivity index is 2.50. The van der Waals surface area contributed by atoms with Gasteiger partial charge < -0.3 is 5.73 Å². The minimum atomic E-state index is -4.54. The molecule has 0 fully saturated rings.